The number of aromatic amines is 1. The maximum Gasteiger partial charge on any atom is 0.321 e. The Balaban J connectivity index is 2.08. The number of nitrogens with two attached hydrogens (primary N) is 1. The van der Waals surface area contributed by atoms with E-state index in [0.717, 1.165) is 7.11 Å². The van der Waals surface area contributed by atoms with Crippen LogP contribution in [0, 0.1) is 5.21 Å². The third-order valence-corrected chi connectivity index (χ3v) is 5.06. The minimum absolute atomic E-state index is 0.0841. The van der Waals surface area contributed by atoms with Crippen LogP contribution in [0.2, 0.25) is 10.0 Å². The molecule has 0 aliphatic heterocycles. The van der Waals surface area contributed by atoms with Gasteiger partial charge >= 0.3 is 5.97 Å². The number of fused-ring (bicyclic) bond motifs is 1. The molecule has 6 N–H and O–H groups in total. The predicted octanol–water partition coefficient (Wildman–Crippen LogP) is 0.843. The number of methoxy groups -OCH3 is 1. The van der Waals surface area contributed by atoms with E-state index in [-0.39, 0.29) is 32.5 Å². The maximum absolute atomic E-state index is 12.9. The molecule has 1 amide bonds. The van der Waals surface area contributed by atoms with Gasteiger partial charge in [-0.05, 0) is 24.3 Å². The fourth-order valence-corrected chi connectivity index (χ4v) is 3.28. The van der Waals surface area contributed by atoms with E-state index in [0.29, 0.717) is 0 Å². The lowest BCUT2D eigenvalue weighted by molar-refractivity contribution is -0.991. The summed E-state index contributed by atoms with van der Waals surface area (Å²) in [4.78, 5) is 44.8. The first-order chi connectivity index (χ1) is 15.7. The van der Waals surface area contributed by atoms with E-state index in [9.17, 15) is 19.6 Å². The van der Waals surface area contributed by atoms with Crippen LogP contribution in [0.4, 0.5) is 11.4 Å². The van der Waals surface area contributed by atoms with Gasteiger partial charge < -0.3 is 26.1 Å². The van der Waals surface area contributed by atoms with Crippen LogP contribution >= 0.6 is 23.2 Å². The van der Waals surface area contributed by atoms with Gasteiger partial charge in [0.25, 0.3) is 11.5 Å². The highest BCUT2D eigenvalue weighted by Crippen LogP contribution is 2.26. The number of esters is 1. The largest absolute Gasteiger partial charge is 0.595 e. The molecule has 12 nitrogen and oxygen atoms in total. The summed E-state index contributed by atoms with van der Waals surface area (Å²) in [7, 11) is 1.05. The molecule has 0 fully saturated rings. The average molecular weight is 495 g/mol. The van der Waals surface area contributed by atoms with Gasteiger partial charge in [-0.2, -0.15) is 10.3 Å². The molecule has 0 aliphatic rings. The molecule has 2 unspecified atom stereocenters. The van der Waals surface area contributed by atoms with Crippen molar-refractivity contribution in [3.63, 3.8) is 0 Å². The van der Waals surface area contributed by atoms with Crippen molar-refractivity contribution in [2.45, 2.75) is 5.92 Å². The highest BCUT2D eigenvalue weighted by molar-refractivity contribution is 6.48. The lowest BCUT2D eigenvalue weighted by Gasteiger charge is -2.17. The Kier molecular flexibility index (Phi) is 7.26. The van der Waals surface area contributed by atoms with Gasteiger partial charge in [0.05, 0.1) is 28.9 Å². The van der Waals surface area contributed by atoms with E-state index in [1.165, 1.54) is 36.4 Å². The standard InChI is InChI=1S/C19H16Cl2N6O6/c1-33-19(30)14(16(26-22)18(29)24-12-6-8(20)2-4-10(12)21)15-17(28)25-13-7-9(27(31)32)3-5-11(13)23-15/h2-7,14,27,31H,22H2,1H3,(H,24,29)(H,25,28)/b26-16+. The molecule has 33 heavy (non-hydrogen) atoms. The zero-order valence-electron chi connectivity index (χ0n) is 16.8. The molecule has 2 aromatic carbocycles. The minimum Gasteiger partial charge on any atom is -0.595 e. The van der Waals surface area contributed by atoms with Crippen molar-refractivity contribution in [1.82, 2.24) is 9.97 Å². The molecule has 0 spiro atoms. The second-order valence-corrected chi connectivity index (χ2v) is 7.38. The summed E-state index contributed by atoms with van der Waals surface area (Å²) in [6, 6.07) is 8.11. The van der Waals surface area contributed by atoms with Crippen LogP contribution in [0.15, 0.2) is 46.3 Å². The number of hydrogen-bond donors (Lipinski definition) is 5. The topological polar surface area (TPSA) is 187 Å². The van der Waals surface area contributed by atoms with Crippen molar-refractivity contribution in [2.75, 3.05) is 12.4 Å². The quantitative estimate of drug-likeness (QED) is 0.144. The van der Waals surface area contributed by atoms with Gasteiger partial charge in [0.1, 0.15) is 11.4 Å². The molecule has 14 heteroatoms. The molecule has 0 radical (unpaired) electrons. The van der Waals surface area contributed by atoms with Crippen LogP contribution in [0.3, 0.4) is 0 Å². The number of carbonyl (C=O) groups excluding carboxylic acids is 2. The first-order valence-corrected chi connectivity index (χ1v) is 9.81. The van der Waals surface area contributed by atoms with E-state index >= 15 is 0 Å². The van der Waals surface area contributed by atoms with Crippen LogP contribution in [0.1, 0.15) is 11.6 Å². The van der Waals surface area contributed by atoms with Crippen LogP contribution in [0.5, 0.6) is 0 Å². The number of amides is 1. The van der Waals surface area contributed by atoms with Crippen molar-refractivity contribution in [3.8, 4) is 0 Å². The van der Waals surface area contributed by atoms with Gasteiger partial charge in [0, 0.05) is 17.2 Å². The average Bonchev–Trinajstić information content (AvgIpc) is 2.78. The molecule has 0 saturated heterocycles. The number of nitrogens with zero attached hydrogens (tertiary/aromatic N) is 2. The number of hydrogen-bond acceptors (Lipinski definition) is 9. The first-order valence-electron chi connectivity index (χ1n) is 9.05. The molecule has 2 atom stereocenters. The van der Waals surface area contributed by atoms with E-state index in [2.05, 4.69) is 20.4 Å². The van der Waals surface area contributed by atoms with E-state index in [1.807, 2.05) is 0 Å². The molecule has 1 aromatic heterocycles. The van der Waals surface area contributed by atoms with Gasteiger partial charge in [0.15, 0.2) is 11.6 Å². The molecule has 0 bridgehead atoms. The summed E-state index contributed by atoms with van der Waals surface area (Å²) >= 11 is 12.0. The number of nitrogens with one attached hydrogen (secondary N) is 3. The fraction of sp³-hybridized carbons (Fsp3) is 0.105. The number of rotatable bonds is 6. The first kappa shape index (κ1) is 24.1. The zero-order valence-corrected chi connectivity index (χ0v) is 18.3. The maximum atomic E-state index is 12.9. The summed E-state index contributed by atoms with van der Waals surface area (Å²) in [6.07, 6.45) is 0. The zero-order chi connectivity index (χ0) is 24.3. The summed E-state index contributed by atoms with van der Waals surface area (Å²) in [5.41, 5.74) is -1.62. The molecule has 3 aromatic rings. The molecule has 172 valence electrons. The summed E-state index contributed by atoms with van der Waals surface area (Å²) in [5, 5.41) is 25.3. The van der Waals surface area contributed by atoms with Crippen molar-refractivity contribution in [1.29, 1.82) is 0 Å². The third-order valence-electron chi connectivity index (χ3n) is 4.50. The van der Waals surface area contributed by atoms with Gasteiger partial charge in [-0.1, -0.05) is 23.2 Å². The van der Waals surface area contributed by atoms with Gasteiger partial charge in [0.2, 0.25) is 0 Å². The van der Waals surface area contributed by atoms with E-state index in [4.69, 9.17) is 39.0 Å². The van der Waals surface area contributed by atoms with E-state index < -0.39 is 40.0 Å². The number of anilines is 1. The Morgan fingerprint density at radius 1 is 1.30 bits per heavy atom. The molecule has 0 saturated carbocycles. The Hall–Kier alpha value is -3.55. The number of aromatic nitrogens is 2. The fourth-order valence-electron chi connectivity index (χ4n) is 2.94. The van der Waals surface area contributed by atoms with Crippen LogP contribution < -0.4 is 21.9 Å². The van der Waals surface area contributed by atoms with Crippen LogP contribution in [-0.4, -0.2) is 39.9 Å². The molecular formula is C19H16Cl2N6O6. The molecule has 3 rings (SSSR count). The number of benzene rings is 2. The minimum atomic E-state index is -1.70. The Morgan fingerprint density at radius 3 is 2.67 bits per heavy atom. The number of quaternary nitrogens is 1. The van der Waals surface area contributed by atoms with Crippen molar-refractivity contribution in [3.05, 3.63) is 67.7 Å². The summed E-state index contributed by atoms with van der Waals surface area (Å²) < 4.78 is 4.74. The predicted molar refractivity (Wildman–Crippen MR) is 120 cm³/mol. The molecular weight excluding hydrogens is 479 g/mol. The number of carbonyl (C=O) groups is 2. The monoisotopic (exact) mass is 494 g/mol. The lowest BCUT2D eigenvalue weighted by atomic mass is 9.98. The van der Waals surface area contributed by atoms with Gasteiger partial charge in [-0.3, -0.25) is 14.4 Å². The smallest absolute Gasteiger partial charge is 0.321 e. The number of ether oxygens (including phenoxy) is 1. The second kappa shape index (κ2) is 9.94. The SMILES string of the molecule is COC(=O)C(/C(=N\N)C(=O)Nc1cc(Cl)ccc1Cl)c1nc2ccc([NH+]([O-])O)cc2[nH]c1=O. The number of hydrazone groups is 1. The van der Waals surface area contributed by atoms with Gasteiger partial charge in [-0.25, -0.2) is 10.2 Å². The highest BCUT2D eigenvalue weighted by Gasteiger charge is 2.36. The highest BCUT2D eigenvalue weighted by atomic mass is 35.5. The lowest BCUT2D eigenvalue weighted by Crippen LogP contribution is -2.99. The number of halogens is 2. The number of H-pyrrole nitrogens is 1. The Bertz CT molecular complexity index is 1330. The van der Waals surface area contributed by atoms with Crippen molar-refractivity contribution < 1.29 is 24.8 Å². The van der Waals surface area contributed by atoms with Crippen molar-refractivity contribution in [2.24, 2.45) is 10.9 Å². The van der Waals surface area contributed by atoms with Crippen LogP contribution in [-0.2, 0) is 14.3 Å². The third kappa shape index (κ3) is 5.10. The summed E-state index contributed by atoms with van der Waals surface area (Å²) in [5.74, 6) is 1.70. The van der Waals surface area contributed by atoms with E-state index in [1.54, 1.807) is 0 Å². The van der Waals surface area contributed by atoms with Gasteiger partial charge in [-0.15, -0.1) is 0 Å². The van der Waals surface area contributed by atoms with Crippen molar-refractivity contribution >= 4 is 63.2 Å². The Morgan fingerprint density at radius 2 is 2.03 bits per heavy atom. The van der Waals surface area contributed by atoms with Crippen LogP contribution in [0.25, 0.3) is 11.0 Å². The summed E-state index contributed by atoms with van der Waals surface area (Å²) in [6.45, 7) is 0. The molecule has 1 heterocycles. The normalized spacial score (nSPS) is 13.4. The second-order valence-electron chi connectivity index (χ2n) is 6.54. The Labute approximate surface area is 195 Å². The molecule has 0 aliphatic carbocycles.